The third kappa shape index (κ3) is 2.25. The summed E-state index contributed by atoms with van der Waals surface area (Å²) >= 11 is 1.38. The number of nitrogens with zero attached hydrogens (tertiary/aromatic N) is 2. The molecule has 3 amide bonds. The van der Waals surface area contributed by atoms with Gasteiger partial charge in [0.2, 0.25) is 0 Å². The molecule has 1 aromatic heterocycles. The largest absolute Gasteiger partial charge is 0.329 e. The number of anilines is 1. The van der Waals surface area contributed by atoms with Crippen LogP contribution in [0.2, 0.25) is 0 Å². The Labute approximate surface area is 123 Å². The van der Waals surface area contributed by atoms with Gasteiger partial charge in [-0.05, 0) is 23.6 Å². The lowest BCUT2D eigenvalue weighted by molar-refractivity contribution is -0.384. The molecule has 2 heterocycles. The molecule has 21 heavy (non-hydrogen) atoms. The van der Waals surface area contributed by atoms with Crippen molar-refractivity contribution in [2.24, 2.45) is 0 Å². The van der Waals surface area contributed by atoms with Gasteiger partial charge in [0, 0.05) is 17.0 Å². The van der Waals surface area contributed by atoms with E-state index in [9.17, 15) is 19.7 Å². The zero-order valence-electron chi connectivity index (χ0n) is 10.6. The number of urea groups is 1. The minimum atomic E-state index is -0.701. The summed E-state index contributed by atoms with van der Waals surface area (Å²) in [5.74, 6) is -0.392. The van der Waals surface area contributed by atoms with E-state index in [-0.39, 0.29) is 5.69 Å². The van der Waals surface area contributed by atoms with E-state index in [0.717, 1.165) is 9.78 Å². The Hall–Kier alpha value is -2.74. The maximum atomic E-state index is 12.3. The van der Waals surface area contributed by atoms with Gasteiger partial charge in [-0.2, -0.15) is 0 Å². The number of carbonyl (C=O) groups is 2. The number of benzene rings is 1. The molecule has 1 aliphatic rings. The van der Waals surface area contributed by atoms with Gasteiger partial charge >= 0.3 is 6.03 Å². The molecule has 0 saturated carbocycles. The molecule has 0 bridgehead atoms. The van der Waals surface area contributed by atoms with E-state index in [1.54, 1.807) is 12.1 Å². The Morgan fingerprint density at radius 2 is 1.90 bits per heavy atom. The molecule has 1 aromatic carbocycles. The first-order chi connectivity index (χ1) is 10.1. The Morgan fingerprint density at radius 3 is 2.48 bits per heavy atom. The van der Waals surface area contributed by atoms with Crippen LogP contribution in [0.15, 0.2) is 41.8 Å². The highest BCUT2D eigenvalue weighted by atomic mass is 32.1. The number of amides is 3. The fourth-order valence-corrected chi connectivity index (χ4v) is 2.86. The number of non-ortho nitro benzene ring substituents is 1. The molecule has 106 valence electrons. The molecule has 1 aliphatic heterocycles. The van der Waals surface area contributed by atoms with Crippen molar-refractivity contribution in [2.75, 3.05) is 4.90 Å². The van der Waals surface area contributed by atoms with Crippen molar-refractivity contribution in [1.29, 1.82) is 0 Å². The molecule has 1 saturated heterocycles. The summed E-state index contributed by atoms with van der Waals surface area (Å²) in [5, 5.41) is 15.0. The smallest absolute Gasteiger partial charge is 0.321 e. The highest BCUT2D eigenvalue weighted by Gasteiger charge is 2.40. The number of imide groups is 1. The Balaban J connectivity index is 1.90. The molecular formula is C13H9N3O4S. The monoisotopic (exact) mass is 303 g/mol. The van der Waals surface area contributed by atoms with Crippen LogP contribution in [0.3, 0.4) is 0 Å². The number of nitro benzene ring substituents is 1. The summed E-state index contributed by atoms with van der Waals surface area (Å²) in [6.07, 6.45) is 0. The fourth-order valence-electron chi connectivity index (χ4n) is 2.10. The van der Waals surface area contributed by atoms with E-state index in [1.807, 2.05) is 5.38 Å². The topological polar surface area (TPSA) is 92.6 Å². The third-order valence-corrected chi connectivity index (χ3v) is 4.02. The van der Waals surface area contributed by atoms with Crippen LogP contribution in [0.1, 0.15) is 10.9 Å². The number of carbonyl (C=O) groups excluding carboxylic acids is 2. The van der Waals surface area contributed by atoms with Crippen LogP contribution in [0.25, 0.3) is 0 Å². The fraction of sp³-hybridized carbons (Fsp3) is 0.0769. The van der Waals surface area contributed by atoms with Crippen molar-refractivity contribution in [2.45, 2.75) is 6.04 Å². The Kier molecular flexibility index (Phi) is 3.15. The van der Waals surface area contributed by atoms with Crippen molar-refractivity contribution >= 4 is 34.6 Å². The van der Waals surface area contributed by atoms with E-state index in [1.165, 1.54) is 35.6 Å². The summed E-state index contributed by atoms with van der Waals surface area (Å²) in [5.41, 5.74) is 0.211. The predicted octanol–water partition coefficient (Wildman–Crippen LogP) is 2.45. The molecule has 8 heteroatoms. The van der Waals surface area contributed by atoms with Crippen LogP contribution < -0.4 is 10.2 Å². The normalized spacial score (nSPS) is 17.9. The lowest BCUT2D eigenvalue weighted by atomic mass is 10.2. The lowest BCUT2D eigenvalue weighted by Gasteiger charge is -2.12. The zero-order chi connectivity index (χ0) is 15.0. The maximum absolute atomic E-state index is 12.3. The zero-order valence-corrected chi connectivity index (χ0v) is 11.4. The van der Waals surface area contributed by atoms with Crippen LogP contribution >= 0.6 is 11.3 Å². The molecule has 0 spiro atoms. The summed E-state index contributed by atoms with van der Waals surface area (Å²) in [6, 6.07) is 7.61. The highest BCUT2D eigenvalue weighted by molar-refractivity contribution is 7.10. The van der Waals surface area contributed by atoms with Gasteiger partial charge in [0.25, 0.3) is 11.6 Å². The van der Waals surface area contributed by atoms with Crippen LogP contribution in [0, 0.1) is 10.1 Å². The van der Waals surface area contributed by atoms with Gasteiger partial charge in [0.15, 0.2) is 0 Å². The molecule has 1 N–H and O–H groups in total. The summed E-state index contributed by atoms with van der Waals surface area (Å²) in [6.45, 7) is 0. The van der Waals surface area contributed by atoms with Crippen molar-refractivity contribution in [3.05, 3.63) is 56.8 Å². The first-order valence-electron chi connectivity index (χ1n) is 6.00. The van der Waals surface area contributed by atoms with Gasteiger partial charge in [-0.1, -0.05) is 6.07 Å². The van der Waals surface area contributed by atoms with Crippen molar-refractivity contribution in [1.82, 2.24) is 5.32 Å². The van der Waals surface area contributed by atoms with Crippen molar-refractivity contribution in [3.63, 3.8) is 0 Å². The van der Waals surface area contributed by atoms with Gasteiger partial charge in [0.1, 0.15) is 6.04 Å². The third-order valence-electron chi connectivity index (χ3n) is 3.08. The molecular weight excluding hydrogens is 294 g/mol. The summed E-state index contributed by atoms with van der Waals surface area (Å²) in [7, 11) is 0. The van der Waals surface area contributed by atoms with Gasteiger partial charge in [-0.25, -0.2) is 9.69 Å². The predicted molar refractivity (Wildman–Crippen MR) is 76.2 cm³/mol. The summed E-state index contributed by atoms with van der Waals surface area (Å²) in [4.78, 5) is 36.1. The quantitative estimate of drug-likeness (QED) is 0.535. The molecule has 7 nitrogen and oxygen atoms in total. The maximum Gasteiger partial charge on any atom is 0.329 e. The van der Waals surface area contributed by atoms with E-state index in [4.69, 9.17) is 0 Å². The first-order valence-corrected chi connectivity index (χ1v) is 6.88. The van der Waals surface area contributed by atoms with E-state index >= 15 is 0 Å². The van der Waals surface area contributed by atoms with Crippen LogP contribution in [-0.4, -0.2) is 16.9 Å². The molecule has 0 radical (unpaired) electrons. The Bertz CT molecular complexity index is 712. The minimum absolute atomic E-state index is 0.0967. The van der Waals surface area contributed by atoms with Gasteiger partial charge in [-0.3, -0.25) is 14.9 Å². The minimum Gasteiger partial charge on any atom is -0.321 e. The number of hydrogen-bond donors (Lipinski definition) is 1. The van der Waals surface area contributed by atoms with Gasteiger partial charge < -0.3 is 5.32 Å². The molecule has 1 unspecified atom stereocenters. The summed E-state index contributed by atoms with van der Waals surface area (Å²) < 4.78 is 0. The first kappa shape index (κ1) is 13.3. The molecule has 1 atom stereocenters. The standard InChI is InChI=1S/C13H9N3O4S/c17-12-11(10-2-1-7-21-10)14-13(18)15(12)8-3-5-9(6-4-8)16(19)20/h1-7,11H,(H,14,18). The van der Waals surface area contributed by atoms with E-state index in [0.29, 0.717) is 5.69 Å². The SMILES string of the molecule is O=C1NC(c2cccs2)C(=O)N1c1ccc([N+](=O)[O-])cc1. The average molecular weight is 303 g/mol. The second-order valence-electron chi connectivity index (χ2n) is 4.35. The Morgan fingerprint density at radius 1 is 1.19 bits per heavy atom. The molecule has 1 fully saturated rings. The van der Waals surface area contributed by atoms with Crippen LogP contribution in [0.5, 0.6) is 0 Å². The van der Waals surface area contributed by atoms with E-state index < -0.39 is 22.9 Å². The highest BCUT2D eigenvalue weighted by Crippen LogP contribution is 2.30. The molecule has 0 aliphatic carbocycles. The van der Waals surface area contributed by atoms with E-state index in [2.05, 4.69) is 5.32 Å². The number of nitro groups is 1. The second-order valence-corrected chi connectivity index (χ2v) is 5.32. The van der Waals surface area contributed by atoms with Crippen molar-refractivity contribution < 1.29 is 14.5 Å². The average Bonchev–Trinajstić information content (AvgIpc) is 3.07. The molecule has 2 aromatic rings. The van der Waals surface area contributed by atoms with Crippen molar-refractivity contribution in [3.8, 4) is 0 Å². The number of rotatable bonds is 3. The van der Waals surface area contributed by atoms with Crippen LogP contribution in [-0.2, 0) is 4.79 Å². The molecule has 3 rings (SSSR count). The number of nitrogens with one attached hydrogen (secondary N) is 1. The number of hydrogen-bond acceptors (Lipinski definition) is 5. The second kappa shape index (κ2) is 4.98. The van der Waals surface area contributed by atoms with Crippen LogP contribution in [0.4, 0.5) is 16.2 Å². The lowest BCUT2D eigenvalue weighted by Crippen LogP contribution is -2.30. The number of thiophene rings is 1. The van der Waals surface area contributed by atoms with Gasteiger partial charge in [0.05, 0.1) is 10.6 Å². The van der Waals surface area contributed by atoms with Gasteiger partial charge in [-0.15, -0.1) is 11.3 Å².